The van der Waals surface area contributed by atoms with Crippen LogP contribution in [-0.4, -0.2) is 40.6 Å². The minimum absolute atomic E-state index is 0.745. The van der Waals surface area contributed by atoms with Gasteiger partial charge in [-0.2, -0.15) is 0 Å². The second kappa shape index (κ2) is 6.67. The van der Waals surface area contributed by atoms with Gasteiger partial charge >= 0.3 is 0 Å². The number of fused-ring (bicyclic) bond motifs is 3. The van der Waals surface area contributed by atoms with Gasteiger partial charge in [0.25, 0.3) is 0 Å². The monoisotopic (exact) mass is 383 g/mol. The van der Waals surface area contributed by atoms with Crippen LogP contribution in [0.3, 0.4) is 0 Å². The van der Waals surface area contributed by atoms with Crippen LogP contribution in [-0.2, 0) is 11.3 Å². The quantitative estimate of drug-likeness (QED) is 0.513. The summed E-state index contributed by atoms with van der Waals surface area (Å²) in [7, 11) is 0. The Balaban J connectivity index is 1.70. The number of nitrogens with zero attached hydrogens (tertiary/aromatic N) is 3. The number of hydrogen-bond acceptors (Lipinski definition) is 4. The molecule has 0 bridgehead atoms. The van der Waals surface area contributed by atoms with Crippen LogP contribution in [0.1, 0.15) is 5.69 Å². The van der Waals surface area contributed by atoms with Crippen molar-refractivity contribution in [3.05, 3.63) is 59.2 Å². The highest BCUT2D eigenvalue weighted by atomic mass is 35.5. The van der Waals surface area contributed by atoms with Gasteiger partial charge < -0.3 is 4.74 Å². The SMILES string of the molecule is Clc1ccc(-c2nc3sc4ccccc4n3c2CN2CCOCC2)cc1. The zero-order chi connectivity index (χ0) is 17.5. The molecule has 26 heavy (non-hydrogen) atoms. The molecule has 0 aliphatic carbocycles. The number of morpholine rings is 1. The van der Waals surface area contributed by atoms with Gasteiger partial charge in [0.05, 0.1) is 34.8 Å². The number of aromatic nitrogens is 2. The van der Waals surface area contributed by atoms with E-state index in [1.54, 1.807) is 11.3 Å². The maximum absolute atomic E-state index is 6.08. The van der Waals surface area contributed by atoms with Crippen molar-refractivity contribution in [3.8, 4) is 11.3 Å². The Morgan fingerprint density at radius 3 is 2.62 bits per heavy atom. The first kappa shape index (κ1) is 16.3. The van der Waals surface area contributed by atoms with E-state index < -0.39 is 0 Å². The van der Waals surface area contributed by atoms with E-state index in [1.807, 2.05) is 12.1 Å². The first-order valence-corrected chi connectivity index (χ1v) is 9.94. The van der Waals surface area contributed by atoms with Gasteiger partial charge in [-0.3, -0.25) is 9.30 Å². The van der Waals surface area contributed by atoms with E-state index in [0.29, 0.717) is 0 Å². The van der Waals surface area contributed by atoms with Crippen LogP contribution in [0.15, 0.2) is 48.5 Å². The van der Waals surface area contributed by atoms with Crippen molar-refractivity contribution in [1.82, 2.24) is 14.3 Å². The Bertz CT molecular complexity index is 1060. The van der Waals surface area contributed by atoms with Gasteiger partial charge in [0, 0.05) is 30.2 Å². The molecule has 0 atom stereocenters. The van der Waals surface area contributed by atoms with E-state index in [2.05, 4.69) is 45.7 Å². The van der Waals surface area contributed by atoms with Crippen LogP contribution in [0.4, 0.5) is 0 Å². The Hall–Kier alpha value is -1.92. The van der Waals surface area contributed by atoms with Gasteiger partial charge in [0.15, 0.2) is 4.96 Å². The molecule has 1 aliphatic heterocycles. The minimum atomic E-state index is 0.745. The molecule has 0 spiro atoms. The molecule has 0 amide bonds. The normalized spacial score (nSPS) is 15.9. The molecule has 1 fully saturated rings. The van der Waals surface area contributed by atoms with Crippen LogP contribution in [0.25, 0.3) is 26.4 Å². The summed E-state index contributed by atoms with van der Waals surface area (Å²) in [5.74, 6) is 0. The van der Waals surface area contributed by atoms with Gasteiger partial charge in [0.2, 0.25) is 0 Å². The fraction of sp³-hybridized carbons (Fsp3) is 0.250. The van der Waals surface area contributed by atoms with E-state index in [-0.39, 0.29) is 0 Å². The van der Waals surface area contributed by atoms with Gasteiger partial charge in [0.1, 0.15) is 0 Å². The third-order valence-corrected chi connectivity index (χ3v) is 6.12. The van der Waals surface area contributed by atoms with Crippen LogP contribution >= 0.6 is 22.9 Å². The molecule has 2 aromatic carbocycles. The Morgan fingerprint density at radius 2 is 1.81 bits per heavy atom. The predicted molar refractivity (Wildman–Crippen MR) is 107 cm³/mol. The number of imidazole rings is 1. The van der Waals surface area contributed by atoms with E-state index in [1.165, 1.54) is 15.9 Å². The van der Waals surface area contributed by atoms with Gasteiger partial charge in [-0.25, -0.2) is 4.98 Å². The van der Waals surface area contributed by atoms with Crippen molar-refractivity contribution in [2.45, 2.75) is 6.54 Å². The lowest BCUT2D eigenvalue weighted by Crippen LogP contribution is -2.36. The van der Waals surface area contributed by atoms with Crippen LogP contribution in [0.2, 0.25) is 5.02 Å². The number of thiazole rings is 1. The van der Waals surface area contributed by atoms with Crippen LogP contribution in [0, 0.1) is 0 Å². The molecule has 4 nitrogen and oxygen atoms in total. The van der Waals surface area contributed by atoms with E-state index in [4.69, 9.17) is 21.3 Å². The summed E-state index contributed by atoms with van der Waals surface area (Å²) in [4.78, 5) is 8.48. The van der Waals surface area contributed by atoms with Crippen molar-refractivity contribution >= 4 is 38.1 Å². The lowest BCUT2D eigenvalue weighted by atomic mass is 10.1. The Kier molecular flexibility index (Phi) is 4.17. The number of ether oxygens (including phenoxy) is 1. The number of halogens is 1. The van der Waals surface area contributed by atoms with Crippen molar-refractivity contribution in [3.63, 3.8) is 0 Å². The van der Waals surface area contributed by atoms with Crippen molar-refractivity contribution in [2.24, 2.45) is 0 Å². The maximum atomic E-state index is 6.08. The fourth-order valence-electron chi connectivity index (χ4n) is 3.53. The minimum Gasteiger partial charge on any atom is -0.379 e. The van der Waals surface area contributed by atoms with E-state index in [0.717, 1.165) is 54.1 Å². The molecule has 1 saturated heterocycles. The second-order valence-corrected chi connectivity index (χ2v) is 7.94. The first-order valence-electron chi connectivity index (χ1n) is 8.74. The number of benzene rings is 2. The number of para-hydroxylation sites is 1. The van der Waals surface area contributed by atoms with E-state index >= 15 is 0 Å². The molecular weight excluding hydrogens is 366 g/mol. The summed E-state index contributed by atoms with van der Waals surface area (Å²) in [5, 5.41) is 0.745. The maximum Gasteiger partial charge on any atom is 0.195 e. The summed E-state index contributed by atoms with van der Waals surface area (Å²) in [6, 6.07) is 16.5. The standard InChI is InChI=1S/C20H18ClN3OS/c21-15-7-5-14(6-8-15)19-17(13-23-9-11-25-12-10-23)24-16-3-1-2-4-18(16)26-20(24)22-19/h1-8H,9-13H2. The molecule has 5 rings (SSSR count). The van der Waals surface area contributed by atoms with Crippen molar-refractivity contribution in [2.75, 3.05) is 26.3 Å². The summed E-state index contributed by atoms with van der Waals surface area (Å²) in [6.45, 7) is 4.36. The molecule has 0 unspecified atom stereocenters. The van der Waals surface area contributed by atoms with Gasteiger partial charge in [-0.05, 0) is 24.3 Å². The molecule has 6 heteroatoms. The molecule has 4 aromatic rings. The number of hydrogen-bond donors (Lipinski definition) is 0. The van der Waals surface area contributed by atoms with Crippen molar-refractivity contribution in [1.29, 1.82) is 0 Å². The van der Waals surface area contributed by atoms with E-state index in [9.17, 15) is 0 Å². The average Bonchev–Trinajstić information content (AvgIpc) is 3.20. The molecule has 3 heterocycles. The molecule has 2 aromatic heterocycles. The third-order valence-electron chi connectivity index (χ3n) is 4.84. The molecule has 0 N–H and O–H groups in total. The van der Waals surface area contributed by atoms with Gasteiger partial charge in [-0.1, -0.05) is 47.2 Å². The van der Waals surface area contributed by atoms with Gasteiger partial charge in [-0.15, -0.1) is 0 Å². The third kappa shape index (κ3) is 2.81. The van der Waals surface area contributed by atoms with Crippen LogP contribution < -0.4 is 0 Å². The summed E-state index contributed by atoms with van der Waals surface area (Å²) < 4.78 is 9.10. The Morgan fingerprint density at radius 1 is 1.04 bits per heavy atom. The Labute approximate surface area is 160 Å². The fourth-order valence-corrected chi connectivity index (χ4v) is 4.70. The van der Waals surface area contributed by atoms with Crippen molar-refractivity contribution < 1.29 is 4.74 Å². The average molecular weight is 384 g/mol. The highest BCUT2D eigenvalue weighted by Crippen LogP contribution is 2.34. The predicted octanol–water partition coefficient (Wildman–Crippen LogP) is 4.70. The lowest BCUT2D eigenvalue weighted by molar-refractivity contribution is 0.0336. The number of rotatable bonds is 3. The zero-order valence-corrected chi connectivity index (χ0v) is 15.8. The molecule has 0 radical (unpaired) electrons. The second-order valence-electron chi connectivity index (χ2n) is 6.49. The largest absolute Gasteiger partial charge is 0.379 e. The topological polar surface area (TPSA) is 29.8 Å². The summed E-state index contributed by atoms with van der Waals surface area (Å²) >= 11 is 7.82. The highest BCUT2D eigenvalue weighted by molar-refractivity contribution is 7.23. The molecular formula is C20H18ClN3OS. The zero-order valence-electron chi connectivity index (χ0n) is 14.2. The molecule has 1 aliphatic rings. The first-order chi connectivity index (χ1) is 12.8. The molecule has 132 valence electrons. The molecule has 0 saturated carbocycles. The smallest absolute Gasteiger partial charge is 0.195 e. The van der Waals surface area contributed by atoms with Crippen LogP contribution in [0.5, 0.6) is 0 Å². The highest BCUT2D eigenvalue weighted by Gasteiger charge is 2.21. The lowest BCUT2D eigenvalue weighted by Gasteiger charge is -2.26. The summed E-state index contributed by atoms with van der Waals surface area (Å²) in [6.07, 6.45) is 0. The summed E-state index contributed by atoms with van der Waals surface area (Å²) in [5.41, 5.74) is 4.62.